The van der Waals surface area contributed by atoms with Crippen molar-refractivity contribution in [1.29, 1.82) is 0 Å². The quantitative estimate of drug-likeness (QED) is 0.733. The lowest BCUT2D eigenvalue weighted by molar-refractivity contribution is 0.176. The van der Waals surface area contributed by atoms with Crippen LogP contribution in [0.4, 0.5) is 0 Å². The van der Waals surface area contributed by atoms with Crippen LogP contribution in [0.5, 0.6) is 0 Å². The highest BCUT2D eigenvalue weighted by Crippen LogP contribution is 2.16. The Kier molecular flexibility index (Phi) is 2.70. The number of benzene rings is 1. The minimum Gasteiger partial charge on any atom is -0.388 e. The monoisotopic (exact) mass is 241 g/mol. The average Bonchev–Trinajstić information content (AvgIpc) is 2.87. The van der Waals surface area contributed by atoms with Gasteiger partial charge >= 0.3 is 0 Å². The van der Waals surface area contributed by atoms with Gasteiger partial charge in [-0.15, -0.1) is 9.73 Å². The third-order valence-electron chi connectivity index (χ3n) is 2.71. The molecule has 0 saturated heterocycles. The van der Waals surface area contributed by atoms with Gasteiger partial charge in [-0.1, -0.05) is 30.3 Å². The predicted molar refractivity (Wildman–Crippen MR) is 63.7 cm³/mol. The number of hydrogen-bond acceptors (Lipinski definition) is 5. The van der Waals surface area contributed by atoms with Gasteiger partial charge in [0.15, 0.2) is 5.65 Å². The summed E-state index contributed by atoms with van der Waals surface area (Å²) in [6.45, 7) is 0. The van der Waals surface area contributed by atoms with Crippen molar-refractivity contribution in [1.82, 2.24) is 25.3 Å². The summed E-state index contributed by atoms with van der Waals surface area (Å²) < 4.78 is 1.35. The van der Waals surface area contributed by atoms with Crippen LogP contribution >= 0.6 is 0 Å². The molecule has 0 fully saturated rings. The molecule has 0 aliphatic rings. The van der Waals surface area contributed by atoms with E-state index in [1.165, 1.54) is 4.63 Å². The molecule has 18 heavy (non-hydrogen) atoms. The minimum atomic E-state index is -0.576. The second-order valence-electron chi connectivity index (χ2n) is 3.98. The van der Waals surface area contributed by atoms with E-state index in [1.54, 1.807) is 6.07 Å². The maximum atomic E-state index is 10.1. The molecule has 6 nitrogen and oxygen atoms in total. The molecule has 90 valence electrons. The van der Waals surface area contributed by atoms with Crippen molar-refractivity contribution in [2.75, 3.05) is 0 Å². The fourth-order valence-corrected chi connectivity index (χ4v) is 1.79. The number of tetrazole rings is 1. The van der Waals surface area contributed by atoms with Crippen LogP contribution in [0.3, 0.4) is 0 Å². The summed E-state index contributed by atoms with van der Waals surface area (Å²) in [5, 5.41) is 25.3. The van der Waals surface area contributed by atoms with Crippen LogP contribution in [-0.4, -0.2) is 30.4 Å². The fraction of sp³-hybridized carbons (Fsp3) is 0.167. The molecule has 1 atom stereocenters. The normalized spacial score (nSPS) is 12.7. The first-order chi connectivity index (χ1) is 8.83. The van der Waals surface area contributed by atoms with Gasteiger partial charge in [0.25, 0.3) is 0 Å². The van der Waals surface area contributed by atoms with Gasteiger partial charge in [0.1, 0.15) is 0 Å². The number of aliphatic hydroxyl groups excluding tert-OH is 1. The topological polar surface area (TPSA) is 76.2 Å². The van der Waals surface area contributed by atoms with Gasteiger partial charge in [-0.2, -0.15) is 5.10 Å². The first-order valence-electron chi connectivity index (χ1n) is 5.60. The van der Waals surface area contributed by atoms with E-state index < -0.39 is 6.10 Å². The Bertz CT molecular complexity index is 652. The molecule has 6 heteroatoms. The standard InChI is InChI=1S/C12H11N5O/c18-11(9-4-2-1-3-5-9)8-10-6-7-12-13-15-16-17(12)14-10/h1-7,11,18H,8H2. The number of fused-ring (bicyclic) bond motifs is 1. The summed E-state index contributed by atoms with van der Waals surface area (Å²) in [5.74, 6) is 0. The zero-order valence-electron chi connectivity index (χ0n) is 9.51. The van der Waals surface area contributed by atoms with E-state index in [9.17, 15) is 5.11 Å². The van der Waals surface area contributed by atoms with E-state index in [0.717, 1.165) is 11.3 Å². The van der Waals surface area contributed by atoms with E-state index in [-0.39, 0.29) is 0 Å². The Hall–Kier alpha value is -2.34. The molecule has 1 N–H and O–H groups in total. The molecule has 2 heterocycles. The third-order valence-corrected chi connectivity index (χ3v) is 2.71. The molecule has 0 saturated carbocycles. The largest absolute Gasteiger partial charge is 0.388 e. The van der Waals surface area contributed by atoms with Crippen LogP contribution in [-0.2, 0) is 6.42 Å². The minimum absolute atomic E-state index is 0.430. The summed E-state index contributed by atoms with van der Waals surface area (Å²) >= 11 is 0. The summed E-state index contributed by atoms with van der Waals surface area (Å²) in [6, 6.07) is 13.1. The van der Waals surface area contributed by atoms with Crippen molar-refractivity contribution in [2.45, 2.75) is 12.5 Å². The molecule has 0 spiro atoms. The Labute approximate surface area is 103 Å². The lowest BCUT2D eigenvalue weighted by Gasteiger charge is -2.09. The molecular weight excluding hydrogens is 230 g/mol. The third kappa shape index (κ3) is 2.05. The van der Waals surface area contributed by atoms with E-state index in [0.29, 0.717) is 12.1 Å². The van der Waals surface area contributed by atoms with Crippen molar-refractivity contribution in [3.63, 3.8) is 0 Å². The molecule has 3 rings (SSSR count). The Balaban J connectivity index is 1.83. The van der Waals surface area contributed by atoms with Crippen LogP contribution in [0, 0.1) is 0 Å². The zero-order chi connectivity index (χ0) is 12.4. The highest BCUT2D eigenvalue weighted by molar-refractivity contribution is 5.33. The summed E-state index contributed by atoms with van der Waals surface area (Å²) in [4.78, 5) is 0. The second kappa shape index (κ2) is 4.50. The Morgan fingerprint density at radius 2 is 1.94 bits per heavy atom. The molecule has 0 bridgehead atoms. The molecule has 0 amide bonds. The van der Waals surface area contributed by atoms with Gasteiger partial charge in [-0.3, -0.25) is 0 Å². The number of hydrogen-bond donors (Lipinski definition) is 1. The van der Waals surface area contributed by atoms with Crippen molar-refractivity contribution in [3.8, 4) is 0 Å². The lowest BCUT2D eigenvalue weighted by Crippen LogP contribution is -2.06. The first-order valence-corrected chi connectivity index (χ1v) is 5.60. The Morgan fingerprint density at radius 1 is 1.11 bits per heavy atom. The molecule has 3 aromatic rings. The predicted octanol–water partition coefficient (Wildman–Crippen LogP) is 0.795. The molecule has 1 unspecified atom stereocenters. The average molecular weight is 241 g/mol. The van der Waals surface area contributed by atoms with Crippen molar-refractivity contribution in [3.05, 3.63) is 53.7 Å². The highest BCUT2D eigenvalue weighted by atomic mass is 16.3. The maximum absolute atomic E-state index is 10.1. The SMILES string of the molecule is OC(Cc1ccc2nnnn2n1)c1ccccc1. The van der Waals surface area contributed by atoms with Crippen LogP contribution in [0.25, 0.3) is 5.65 Å². The van der Waals surface area contributed by atoms with E-state index >= 15 is 0 Å². The fourth-order valence-electron chi connectivity index (χ4n) is 1.79. The van der Waals surface area contributed by atoms with Crippen molar-refractivity contribution in [2.24, 2.45) is 0 Å². The summed E-state index contributed by atoms with van der Waals surface area (Å²) in [6.07, 6.45) is -0.146. The Morgan fingerprint density at radius 3 is 2.78 bits per heavy atom. The molecule has 2 aromatic heterocycles. The second-order valence-corrected chi connectivity index (χ2v) is 3.98. The number of aromatic nitrogens is 5. The van der Waals surface area contributed by atoms with Crippen molar-refractivity contribution < 1.29 is 5.11 Å². The lowest BCUT2D eigenvalue weighted by atomic mass is 10.1. The van der Waals surface area contributed by atoms with E-state index in [1.807, 2.05) is 36.4 Å². The zero-order valence-corrected chi connectivity index (χ0v) is 9.51. The molecular formula is C12H11N5O. The van der Waals surface area contributed by atoms with Gasteiger partial charge in [-0.25, -0.2) is 0 Å². The van der Waals surface area contributed by atoms with Crippen LogP contribution < -0.4 is 0 Å². The summed E-state index contributed by atoms with van der Waals surface area (Å²) in [7, 11) is 0. The summed E-state index contributed by atoms with van der Waals surface area (Å²) in [5.41, 5.74) is 2.20. The van der Waals surface area contributed by atoms with E-state index in [4.69, 9.17) is 0 Å². The maximum Gasteiger partial charge on any atom is 0.199 e. The van der Waals surface area contributed by atoms with Crippen molar-refractivity contribution >= 4 is 5.65 Å². The highest BCUT2D eigenvalue weighted by Gasteiger charge is 2.10. The molecule has 0 aliphatic heterocycles. The van der Waals surface area contributed by atoms with Gasteiger partial charge in [0.05, 0.1) is 11.8 Å². The molecule has 0 aliphatic carbocycles. The number of aliphatic hydroxyl groups is 1. The van der Waals surface area contributed by atoms with Gasteiger partial charge in [-0.05, 0) is 28.1 Å². The smallest absolute Gasteiger partial charge is 0.199 e. The van der Waals surface area contributed by atoms with Crippen LogP contribution in [0.1, 0.15) is 17.4 Å². The molecule has 0 radical (unpaired) electrons. The van der Waals surface area contributed by atoms with Crippen LogP contribution in [0.15, 0.2) is 42.5 Å². The van der Waals surface area contributed by atoms with Crippen LogP contribution in [0.2, 0.25) is 0 Å². The number of rotatable bonds is 3. The van der Waals surface area contributed by atoms with Gasteiger partial charge < -0.3 is 5.11 Å². The first kappa shape index (κ1) is 10.8. The number of nitrogens with zero attached hydrogens (tertiary/aromatic N) is 5. The van der Waals surface area contributed by atoms with E-state index in [2.05, 4.69) is 20.6 Å². The van der Waals surface area contributed by atoms with Gasteiger partial charge in [0.2, 0.25) is 0 Å². The van der Waals surface area contributed by atoms with Gasteiger partial charge in [0, 0.05) is 6.42 Å². The molecule has 1 aromatic carbocycles.